The van der Waals surface area contributed by atoms with Gasteiger partial charge in [0.25, 0.3) is 11.6 Å². The van der Waals surface area contributed by atoms with E-state index in [1.165, 1.54) is 27.6 Å². The number of hydrogen-bond acceptors (Lipinski definition) is 5. The minimum absolute atomic E-state index is 0.0394. The molecule has 2 heterocycles. The van der Waals surface area contributed by atoms with Crippen LogP contribution in [0.3, 0.4) is 0 Å². The van der Waals surface area contributed by atoms with Gasteiger partial charge in [-0.05, 0) is 50.5 Å². The van der Waals surface area contributed by atoms with E-state index in [-0.39, 0.29) is 11.4 Å². The Bertz CT molecular complexity index is 1390. The number of amides is 1. The fraction of sp³-hybridized carbons (Fsp3) is 0.174. The van der Waals surface area contributed by atoms with Crippen LogP contribution in [0.25, 0.3) is 11.4 Å². The van der Waals surface area contributed by atoms with Crippen LogP contribution >= 0.6 is 0 Å². The molecule has 166 valence electrons. The van der Waals surface area contributed by atoms with Crippen LogP contribution < -0.4 is 5.32 Å². The summed E-state index contributed by atoms with van der Waals surface area (Å²) in [6.07, 6.45) is 2.26. The number of aromatic nitrogens is 4. The summed E-state index contributed by atoms with van der Waals surface area (Å²) in [6.45, 7) is 1.78. The van der Waals surface area contributed by atoms with E-state index in [1.807, 2.05) is 0 Å². The number of aryl methyl sites for hydroxylation is 1. The second-order valence-corrected chi connectivity index (χ2v) is 7.80. The Morgan fingerprint density at radius 2 is 1.85 bits per heavy atom. The quantitative estimate of drug-likeness (QED) is 0.366. The van der Waals surface area contributed by atoms with E-state index in [4.69, 9.17) is 0 Å². The Morgan fingerprint density at radius 3 is 2.58 bits per heavy atom. The Kier molecular flexibility index (Phi) is 4.97. The number of carbonyl (C=O) groups is 1. The maximum atomic E-state index is 14.4. The van der Waals surface area contributed by atoms with Crippen LogP contribution in [0.15, 0.2) is 54.6 Å². The molecule has 2 aromatic heterocycles. The Balaban J connectivity index is 1.49. The number of nitro benzene ring substituents is 1. The number of nitrogens with zero attached hydrogens (tertiary/aromatic N) is 5. The van der Waals surface area contributed by atoms with E-state index in [0.29, 0.717) is 35.7 Å². The molecule has 9 nitrogen and oxygen atoms in total. The molecule has 4 aromatic rings. The molecule has 1 N–H and O–H groups in total. The highest BCUT2D eigenvalue weighted by Crippen LogP contribution is 2.29. The molecular formula is C23H19FN6O3. The van der Waals surface area contributed by atoms with Crippen molar-refractivity contribution in [1.29, 1.82) is 0 Å². The number of benzene rings is 2. The average Bonchev–Trinajstić information content (AvgIpc) is 3.50. The number of halogens is 1. The van der Waals surface area contributed by atoms with Crippen molar-refractivity contribution in [2.75, 3.05) is 5.32 Å². The first kappa shape index (κ1) is 20.6. The number of nitro groups is 1. The van der Waals surface area contributed by atoms with Crippen LogP contribution in [0.5, 0.6) is 0 Å². The van der Waals surface area contributed by atoms with E-state index in [2.05, 4.69) is 15.5 Å². The second kappa shape index (κ2) is 7.97. The number of rotatable bonds is 5. The first-order chi connectivity index (χ1) is 15.9. The van der Waals surface area contributed by atoms with Gasteiger partial charge in [-0.15, -0.1) is 0 Å². The molecule has 1 aliphatic rings. The van der Waals surface area contributed by atoms with Crippen molar-refractivity contribution in [3.05, 3.63) is 93.2 Å². The van der Waals surface area contributed by atoms with Gasteiger partial charge in [-0.25, -0.2) is 13.8 Å². The lowest BCUT2D eigenvalue weighted by Gasteiger charge is -2.09. The maximum absolute atomic E-state index is 14.4. The van der Waals surface area contributed by atoms with Gasteiger partial charge in [-0.2, -0.15) is 10.2 Å². The molecule has 5 rings (SSSR count). The molecule has 0 saturated carbocycles. The predicted octanol–water partition coefficient (Wildman–Crippen LogP) is 4.15. The van der Waals surface area contributed by atoms with Crippen molar-refractivity contribution in [3.63, 3.8) is 0 Å². The van der Waals surface area contributed by atoms with Crippen molar-refractivity contribution < 1.29 is 14.1 Å². The topological polar surface area (TPSA) is 108 Å². The lowest BCUT2D eigenvalue weighted by molar-refractivity contribution is -0.384. The Hall–Kier alpha value is -4.34. The van der Waals surface area contributed by atoms with E-state index >= 15 is 0 Å². The minimum atomic E-state index is -0.479. The van der Waals surface area contributed by atoms with Crippen LogP contribution in [0.2, 0.25) is 0 Å². The number of fused-ring (bicyclic) bond motifs is 1. The van der Waals surface area contributed by atoms with Gasteiger partial charge in [-0.3, -0.25) is 14.9 Å². The normalized spacial score (nSPS) is 12.5. The van der Waals surface area contributed by atoms with E-state index in [1.54, 1.807) is 43.3 Å². The van der Waals surface area contributed by atoms with Gasteiger partial charge < -0.3 is 5.32 Å². The summed E-state index contributed by atoms with van der Waals surface area (Å²) in [5.74, 6) is -0.432. The zero-order chi connectivity index (χ0) is 23.1. The fourth-order valence-corrected chi connectivity index (χ4v) is 4.12. The average molecular weight is 446 g/mol. The van der Waals surface area contributed by atoms with Crippen molar-refractivity contribution in [1.82, 2.24) is 19.6 Å². The smallest absolute Gasteiger partial charge is 0.277 e. The number of carbonyl (C=O) groups excluding carboxylic acids is 1. The molecular weight excluding hydrogens is 427 g/mol. The van der Waals surface area contributed by atoms with Crippen LogP contribution in [-0.4, -0.2) is 30.4 Å². The third kappa shape index (κ3) is 3.65. The zero-order valence-electron chi connectivity index (χ0n) is 17.7. The summed E-state index contributed by atoms with van der Waals surface area (Å²) >= 11 is 0. The van der Waals surface area contributed by atoms with Crippen LogP contribution in [-0.2, 0) is 12.8 Å². The molecule has 0 atom stereocenters. The van der Waals surface area contributed by atoms with Gasteiger partial charge in [0.1, 0.15) is 17.3 Å². The molecule has 1 amide bonds. The van der Waals surface area contributed by atoms with Gasteiger partial charge in [0.2, 0.25) is 0 Å². The highest BCUT2D eigenvalue weighted by molar-refractivity contribution is 6.04. The highest BCUT2D eigenvalue weighted by Gasteiger charge is 2.28. The largest absolute Gasteiger partial charge is 0.305 e. The van der Waals surface area contributed by atoms with Crippen LogP contribution in [0, 0.1) is 22.9 Å². The summed E-state index contributed by atoms with van der Waals surface area (Å²) in [6, 6.07) is 13.9. The molecule has 0 bridgehead atoms. The van der Waals surface area contributed by atoms with Crippen molar-refractivity contribution in [3.8, 4) is 11.4 Å². The zero-order valence-corrected chi connectivity index (χ0v) is 17.7. The number of para-hydroxylation sites is 1. The summed E-state index contributed by atoms with van der Waals surface area (Å²) in [4.78, 5) is 23.7. The number of nitrogens with one attached hydrogen (secondary N) is 1. The molecule has 0 fully saturated rings. The summed E-state index contributed by atoms with van der Waals surface area (Å²) in [5.41, 5.74) is 3.39. The lowest BCUT2D eigenvalue weighted by atomic mass is 10.2. The van der Waals surface area contributed by atoms with Gasteiger partial charge in [0.05, 0.1) is 16.3 Å². The molecule has 0 spiro atoms. The monoisotopic (exact) mass is 446 g/mol. The molecule has 10 heteroatoms. The Morgan fingerprint density at radius 1 is 1.09 bits per heavy atom. The molecule has 1 aliphatic carbocycles. The lowest BCUT2D eigenvalue weighted by Crippen LogP contribution is -2.17. The molecule has 0 radical (unpaired) electrons. The van der Waals surface area contributed by atoms with Crippen molar-refractivity contribution in [2.45, 2.75) is 26.2 Å². The summed E-state index contributed by atoms with van der Waals surface area (Å²) in [5, 5.41) is 22.6. The van der Waals surface area contributed by atoms with Gasteiger partial charge in [0, 0.05) is 29.5 Å². The fourth-order valence-electron chi connectivity index (χ4n) is 4.12. The SMILES string of the molecule is Cc1cc(NC(=O)c2nn(-c3ccccc3F)c3c2CCC3)n(-c2ccc([N+](=O)[O-])cc2)n1. The third-order valence-electron chi connectivity index (χ3n) is 5.60. The van der Waals surface area contributed by atoms with E-state index in [0.717, 1.165) is 17.7 Å². The molecule has 0 saturated heterocycles. The first-order valence-corrected chi connectivity index (χ1v) is 10.4. The molecule has 0 unspecified atom stereocenters. The van der Waals surface area contributed by atoms with Gasteiger partial charge in [-0.1, -0.05) is 12.1 Å². The first-order valence-electron chi connectivity index (χ1n) is 10.4. The van der Waals surface area contributed by atoms with Crippen molar-refractivity contribution >= 4 is 17.4 Å². The molecule has 2 aromatic carbocycles. The minimum Gasteiger partial charge on any atom is -0.305 e. The third-order valence-corrected chi connectivity index (χ3v) is 5.60. The maximum Gasteiger partial charge on any atom is 0.277 e. The standard InChI is InChI=1S/C23H19FN6O3/c1-14-13-21(28(26-14)15-9-11-16(12-10-15)30(32)33)25-23(31)22-17-5-4-8-19(17)29(27-22)20-7-3-2-6-18(20)24/h2-3,6-7,9-13H,4-5,8H2,1H3,(H,25,31). The van der Waals surface area contributed by atoms with Crippen molar-refractivity contribution in [2.24, 2.45) is 0 Å². The summed E-state index contributed by atoms with van der Waals surface area (Å²) in [7, 11) is 0. The molecule has 0 aliphatic heterocycles. The summed E-state index contributed by atoms with van der Waals surface area (Å²) < 4.78 is 17.4. The Labute approximate surface area is 187 Å². The van der Waals surface area contributed by atoms with E-state index < -0.39 is 16.6 Å². The van der Waals surface area contributed by atoms with E-state index in [9.17, 15) is 19.3 Å². The number of hydrogen-bond donors (Lipinski definition) is 1. The number of anilines is 1. The van der Waals surface area contributed by atoms with Crippen LogP contribution in [0.1, 0.15) is 33.9 Å². The van der Waals surface area contributed by atoms with Gasteiger partial charge in [0.15, 0.2) is 5.69 Å². The number of non-ortho nitro benzene ring substituents is 1. The van der Waals surface area contributed by atoms with Crippen LogP contribution in [0.4, 0.5) is 15.9 Å². The van der Waals surface area contributed by atoms with Gasteiger partial charge >= 0.3 is 0 Å². The predicted molar refractivity (Wildman–Crippen MR) is 118 cm³/mol. The second-order valence-electron chi connectivity index (χ2n) is 7.80. The highest BCUT2D eigenvalue weighted by atomic mass is 19.1. The molecule has 33 heavy (non-hydrogen) atoms.